The number of aryl methyl sites for hydroxylation is 1. The number of aromatic nitrogens is 3. The number of hydrogen-bond acceptors (Lipinski definition) is 4. The molecule has 4 rings (SSSR count). The largest absolute Gasteiger partial charge is 0.287 e. The molecule has 3 heterocycles. The molecule has 0 amide bonds. The number of pyridine rings is 3. The zero-order valence-corrected chi connectivity index (χ0v) is 11.8. The van der Waals surface area contributed by atoms with E-state index < -0.39 is 0 Å². The third-order valence-electron chi connectivity index (χ3n) is 3.64. The van der Waals surface area contributed by atoms with Gasteiger partial charge >= 0.3 is 0 Å². The molecule has 0 aliphatic heterocycles. The highest BCUT2D eigenvalue weighted by atomic mass is 35.5. The van der Waals surface area contributed by atoms with Crippen LogP contribution in [0.15, 0.2) is 36.7 Å². The molecule has 3 aromatic heterocycles. The van der Waals surface area contributed by atoms with E-state index >= 15 is 0 Å². The molecule has 21 heavy (non-hydrogen) atoms. The second kappa shape index (κ2) is 4.60. The van der Waals surface area contributed by atoms with Crippen molar-refractivity contribution in [3.63, 3.8) is 0 Å². The highest BCUT2D eigenvalue weighted by Crippen LogP contribution is 2.36. The lowest BCUT2D eigenvalue weighted by molar-refractivity contribution is 0.103. The molecule has 0 spiro atoms. The highest BCUT2D eigenvalue weighted by molar-refractivity contribution is 6.23. The summed E-state index contributed by atoms with van der Waals surface area (Å²) in [5, 5.41) is 1.74. The van der Waals surface area contributed by atoms with E-state index in [2.05, 4.69) is 15.0 Å². The third kappa shape index (κ3) is 1.76. The summed E-state index contributed by atoms with van der Waals surface area (Å²) in [6.07, 6.45) is 4.01. The van der Waals surface area contributed by atoms with Gasteiger partial charge in [0.2, 0.25) is 5.78 Å². The van der Waals surface area contributed by atoms with Crippen LogP contribution in [0.1, 0.15) is 21.7 Å². The summed E-state index contributed by atoms with van der Waals surface area (Å²) in [6, 6.07) is 7.38. The summed E-state index contributed by atoms with van der Waals surface area (Å²) in [5.74, 6) is 0.410. The van der Waals surface area contributed by atoms with Crippen molar-refractivity contribution >= 4 is 28.2 Å². The second-order valence-corrected chi connectivity index (χ2v) is 5.27. The molecule has 1 aliphatic rings. The Bertz CT molecular complexity index is 892. The minimum atomic E-state index is -0.0944. The van der Waals surface area contributed by atoms with Crippen LogP contribution >= 0.6 is 11.6 Å². The van der Waals surface area contributed by atoms with Gasteiger partial charge < -0.3 is 0 Å². The first kappa shape index (κ1) is 12.4. The summed E-state index contributed by atoms with van der Waals surface area (Å²) >= 11 is 5.83. The molecular formula is C16H10ClN3O. The van der Waals surface area contributed by atoms with Crippen molar-refractivity contribution in [3.05, 3.63) is 53.6 Å². The SMILES string of the molecule is O=C1c2cccnc2-c2nc(CCCl)cc3ccnc1c23. The van der Waals surface area contributed by atoms with E-state index in [4.69, 9.17) is 11.6 Å². The molecule has 0 bridgehead atoms. The molecule has 0 radical (unpaired) electrons. The number of halogens is 1. The Kier molecular flexibility index (Phi) is 2.72. The van der Waals surface area contributed by atoms with Crippen LogP contribution in [-0.2, 0) is 6.42 Å². The van der Waals surface area contributed by atoms with Gasteiger partial charge in [0.25, 0.3) is 0 Å². The number of carbonyl (C=O) groups excluding carboxylic acids is 1. The van der Waals surface area contributed by atoms with Gasteiger partial charge in [0.1, 0.15) is 11.4 Å². The average Bonchev–Trinajstić information content (AvgIpc) is 2.52. The first-order chi connectivity index (χ1) is 10.3. The van der Waals surface area contributed by atoms with Gasteiger partial charge in [-0.25, -0.2) is 0 Å². The summed E-state index contributed by atoms with van der Waals surface area (Å²) in [7, 11) is 0. The smallest absolute Gasteiger partial charge is 0.214 e. The molecule has 4 nitrogen and oxygen atoms in total. The van der Waals surface area contributed by atoms with Crippen molar-refractivity contribution in [2.24, 2.45) is 0 Å². The molecule has 0 unspecified atom stereocenters. The zero-order chi connectivity index (χ0) is 14.4. The number of hydrogen-bond donors (Lipinski definition) is 0. The predicted octanol–water partition coefficient (Wildman–Crippen LogP) is 3.02. The van der Waals surface area contributed by atoms with Gasteiger partial charge in [-0.2, -0.15) is 0 Å². The lowest BCUT2D eigenvalue weighted by Crippen LogP contribution is -2.14. The van der Waals surface area contributed by atoms with Crippen LogP contribution in [0.3, 0.4) is 0 Å². The maximum atomic E-state index is 12.6. The fourth-order valence-corrected chi connectivity index (χ4v) is 2.92. The van der Waals surface area contributed by atoms with Crippen molar-refractivity contribution in [2.45, 2.75) is 6.42 Å². The van der Waals surface area contributed by atoms with Crippen molar-refractivity contribution in [1.29, 1.82) is 0 Å². The van der Waals surface area contributed by atoms with Crippen molar-refractivity contribution in [3.8, 4) is 11.4 Å². The Morgan fingerprint density at radius 1 is 1.05 bits per heavy atom. The summed E-state index contributed by atoms with van der Waals surface area (Å²) in [5.41, 5.74) is 3.26. The van der Waals surface area contributed by atoms with Crippen LogP contribution < -0.4 is 0 Å². The van der Waals surface area contributed by atoms with Gasteiger partial charge in [-0.3, -0.25) is 19.7 Å². The van der Waals surface area contributed by atoms with E-state index in [-0.39, 0.29) is 5.78 Å². The lowest BCUT2D eigenvalue weighted by Gasteiger charge is -2.17. The maximum Gasteiger partial charge on any atom is 0.214 e. The fraction of sp³-hybridized carbons (Fsp3) is 0.125. The van der Waals surface area contributed by atoms with Crippen LogP contribution in [0.5, 0.6) is 0 Å². The second-order valence-electron chi connectivity index (χ2n) is 4.89. The minimum Gasteiger partial charge on any atom is -0.287 e. The van der Waals surface area contributed by atoms with Crippen LogP contribution in [-0.4, -0.2) is 26.6 Å². The number of ketones is 1. The standard InChI is InChI=1S/C16H10ClN3O/c17-5-3-10-8-9-4-7-19-15-12(9)14(20-10)13-11(16(15)21)2-1-6-18-13/h1-2,4,6-8H,3,5H2. The fourth-order valence-electron chi connectivity index (χ4n) is 2.73. The molecule has 0 saturated heterocycles. The van der Waals surface area contributed by atoms with E-state index in [0.717, 1.165) is 22.2 Å². The summed E-state index contributed by atoms with van der Waals surface area (Å²) in [4.78, 5) is 25.8. The first-order valence-electron chi connectivity index (χ1n) is 6.64. The van der Waals surface area contributed by atoms with Crippen molar-refractivity contribution in [2.75, 3.05) is 5.88 Å². The summed E-state index contributed by atoms with van der Waals surface area (Å²) < 4.78 is 0. The molecule has 0 fully saturated rings. The molecule has 102 valence electrons. The van der Waals surface area contributed by atoms with E-state index in [1.165, 1.54) is 0 Å². The first-order valence-corrected chi connectivity index (χ1v) is 7.17. The minimum absolute atomic E-state index is 0.0944. The van der Waals surface area contributed by atoms with Crippen LogP contribution in [0.4, 0.5) is 0 Å². The van der Waals surface area contributed by atoms with Crippen LogP contribution in [0, 0.1) is 0 Å². The predicted molar refractivity (Wildman–Crippen MR) is 80.6 cm³/mol. The Morgan fingerprint density at radius 2 is 1.90 bits per heavy atom. The van der Waals surface area contributed by atoms with Gasteiger partial charge in [-0.15, -0.1) is 11.6 Å². The zero-order valence-electron chi connectivity index (χ0n) is 11.0. The van der Waals surface area contributed by atoms with Crippen molar-refractivity contribution < 1.29 is 4.79 Å². The van der Waals surface area contributed by atoms with Gasteiger partial charge in [-0.05, 0) is 29.7 Å². The molecule has 3 aromatic rings. The van der Waals surface area contributed by atoms with Gasteiger partial charge in [0.05, 0.1) is 11.3 Å². The van der Waals surface area contributed by atoms with Gasteiger partial charge in [0.15, 0.2) is 0 Å². The molecular weight excluding hydrogens is 286 g/mol. The van der Waals surface area contributed by atoms with Crippen molar-refractivity contribution in [1.82, 2.24) is 15.0 Å². The molecule has 1 aliphatic carbocycles. The number of fused-ring (bicyclic) bond motifs is 2. The Hall–Kier alpha value is -2.33. The van der Waals surface area contributed by atoms with E-state index in [1.54, 1.807) is 24.5 Å². The average molecular weight is 296 g/mol. The highest BCUT2D eigenvalue weighted by Gasteiger charge is 2.28. The Labute approximate surface area is 125 Å². The molecule has 0 aromatic carbocycles. The molecule has 0 saturated carbocycles. The summed E-state index contributed by atoms with van der Waals surface area (Å²) in [6.45, 7) is 0. The topological polar surface area (TPSA) is 55.7 Å². The number of rotatable bonds is 2. The number of carbonyl (C=O) groups is 1. The van der Waals surface area contributed by atoms with E-state index in [9.17, 15) is 4.79 Å². The Morgan fingerprint density at radius 3 is 2.76 bits per heavy atom. The van der Waals surface area contributed by atoms with Crippen LogP contribution in [0.25, 0.3) is 22.2 Å². The normalized spacial score (nSPS) is 12.5. The monoisotopic (exact) mass is 295 g/mol. The maximum absolute atomic E-state index is 12.6. The number of alkyl halides is 1. The van der Waals surface area contributed by atoms with Crippen LogP contribution in [0.2, 0.25) is 0 Å². The number of nitrogens with zero attached hydrogens (tertiary/aromatic N) is 3. The van der Waals surface area contributed by atoms with E-state index in [0.29, 0.717) is 29.3 Å². The molecule has 0 N–H and O–H groups in total. The third-order valence-corrected chi connectivity index (χ3v) is 3.83. The molecule has 5 heteroatoms. The Balaban J connectivity index is 2.15. The van der Waals surface area contributed by atoms with E-state index in [1.807, 2.05) is 12.1 Å². The lowest BCUT2D eigenvalue weighted by atomic mass is 9.91. The van der Waals surface area contributed by atoms with Gasteiger partial charge in [0, 0.05) is 35.8 Å². The quantitative estimate of drug-likeness (QED) is 0.533. The molecule has 0 atom stereocenters. The van der Waals surface area contributed by atoms with Gasteiger partial charge in [-0.1, -0.05) is 0 Å².